The van der Waals surface area contributed by atoms with E-state index in [9.17, 15) is 0 Å². The van der Waals surface area contributed by atoms with Crippen molar-refractivity contribution >= 4 is 6.08 Å². The minimum Gasteiger partial charge on any atom is -0.253 e. The Kier molecular flexibility index (Phi) is 7.52. The molecule has 5 aromatic carbocycles. The second kappa shape index (κ2) is 12.4. The summed E-state index contributed by atoms with van der Waals surface area (Å²) in [5.74, 6) is 1.94. The van der Waals surface area contributed by atoms with Gasteiger partial charge < -0.3 is 0 Å². The van der Waals surface area contributed by atoms with E-state index in [4.69, 9.17) is 19.9 Å². The molecule has 224 valence electrons. The molecule has 0 aliphatic heterocycles. The quantitative estimate of drug-likeness (QED) is 0.189. The monoisotopic (exact) mass is 604 g/mol. The predicted molar refractivity (Wildman–Crippen MR) is 192 cm³/mol. The van der Waals surface area contributed by atoms with Gasteiger partial charge in [0.05, 0.1) is 5.69 Å². The third-order valence-electron chi connectivity index (χ3n) is 8.67. The Bertz CT molecular complexity index is 2180. The average Bonchev–Trinajstić information content (AvgIpc) is 3.15. The SMILES string of the molecule is Cc1cccc(-c2ccc(-c3cc(-c4nc(-c5ccccc5)nc(-c5ccccc5)n4)cc(-c4cccc5c4C=CCC5)c3)cc2)n1. The van der Waals surface area contributed by atoms with Gasteiger partial charge in [-0.1, -0.05) is 121 Å². The molecule has 0 radical (unpaired) electrons. The molecule has 4 nitrogen and oxygen atoms in total. The van der Waals surface area contributed by atoms with Gasteiger partial charge in [-0.3, -0.25) is 4.98 Å². The fourth-order valence-corrected chi connectivity index (χ4v) is 6.27. The third kappa shape index (κ3) is 5.89. The zero-order valence-corrected chi connectivity index (χ0v) is 26.1. The molecule has 47 heavy (non-hydrogen) atoms. The van der Waals surface area contributed by atoms with Crippen LogP contribution in [0.5, 0.6) is 0 Å². The summed E-state index contributed by atoms with van der Waals surface area (Å²) in [5.41, 5.74) is 13.1. The lowest BCUT2D eigenvalue weighted by Gasteiger charge is -2.17. The molecular formula is C43H32N4. The average molecular weight is 605 g/mol. The Morgan fingerprint density at radius 1 is 0.447 bits per heavy atom. The van der Waals surface area contributed by atoms with Gasteiger partial charge in [-0.05, 0) is 83.5 Å². The van der Waals surface area contributed by atoms with Crippen LogP contribution in [0.15, 0.2) is 146 Å². The van der Waals surface area contributed by atoms with Crippen LogP contribution in [0.3, 0.4) is 0 Å². The first-order chi connectivity index (χ1) is 23.2. The van der Waals surface area contributed by atoms with Crippen molar-refractivity contribution in [3.8, 4) is 67.7 Å². The molecule has 0 saturated heterocycles. The van der Waals surface area contributed by atoms with Gasteiger partial charge in [0, 0.05) is 27.9 Å². The minimum absolute atomic E-state index is 0.640. The summed E-state index contributed by atoms with van der Waals surface area (Å²) in [4.78, 5) is 19.8. The Labute approximate surface area is 275 Å². The maximum Gasteiger partial charge on any atom is 0.164 e. The number of aryl methyl sites for hydroxylation is 2. The van der Waals surface area contributed by atoms with E-state index in [1.165, 1.54) is 16.7 Å². The molecule has 0 bridgehead atoms. The number of fused-ring (bicyclic) bond motifs is 1. The Morgan fingerprint density at radius 3 is 1.72 bits per heavy atom. The summed E-state index contributed by atoms with van der Waals surface area (Å²) in [5, 5.41) is 0. The van der Waals surface area contributed by atoms with E-state index in [0.29, 0.717) is 17.5 Å². The van der Waals surface area contributed by atoms with Crippen molar-refractivity contribution in [2.45, 2.75) is 19.8 Å². The van der Waals surface area contributed by atoms with Crippen LogP contribution in [0.2, 0.25) is 0 Å². The number of nitrogens with zero attached hydrogens (tertiary/aromatic N) is 4. The van der Waals surface area contributed by atoms with Gasteiger partial charge in [0.2, 0.25) is 0 Å². The fourth-order valence-electron chi connectivity index (χ4n) is 6.27. The number of pyridine rings is 1. The molecule has 0 unspecified atom stereocenters. The fraction of sp³-hybridized carbons (Fsp3) is 0.0698. The summed E-state index contributed by atoms with van der Waals surface area (Å²) >= 11 is 0. The van der Waals surface area contributed by atoms with Crippen molar-refractivity contribution in [3.63, 3.8) is 0 Å². The van der Waals surface area contributed by atoms with Gasteiger partial charge in [0.25, 0.3) is 0 Å². The second-order valence-corrected chi connectivity index (χ2v) is 11.9. The molecule has 0 atom stereocenters. The number of hydrogen-bond acceptors (Lipinski definition) is 4. The lowest BCUT2D eigenvalue weighted by molar-refractivity contribution is 0.986. The molecule has 0 N–H and O–H groups in total. The number of allylic oxidation sites excluding steroid dienone is 1. The first-order valence-corrected chi connectivity index (χ1v) is 16.0. The normalized spacial score (nSPS) is 12.1. The number of rotatable bonds is 6. The first kappa shape index (κ1) is 28.5. The van der Waals surface area contributed by atoms with Crippen LogP contribution < -0.4 is 0 Å². The molecule has 1 aliphatic rings. The third-order valence-corrected chi connectivity index (χ3v) is 8.67. The van der Waals surface area contributed by atoms with Gasteiger partial charge >= 0.3 is 0 Å². The largest absolute Gasteiger partial charge is 0.253 e. The van der Waals surface area contributed by atoms with Gasteiger partial charge in [-0.2, -0.15) is 0 Å². The highest BCUT2D eigenvalue weighted by molar-refractivity contribution is 5.85. The number of hydrogen-bond donors (Lipinski definition) is 0. The van der Waals surface area contributed by atoms with E-state index < -0.39 is 0 Å². The standard InChI is InChI=1S/C43H32N4/c1-29-12-10-21-40(44-29)32-24-22-30(23-25-32)35-26-36(39-20-11-18-31-13-8-9-19-38(31)39)28-37(27-35)43-46-41(33-14-4-2-5-15-33)45-42(47-43)34-16-6-3-7-17-34/h2-7,9-12,14-28H,8,13H2,1H3. The van der Waals surface area contributed by atoms with Crippen LogP contribution in [-0.4, -0.2) is 19.9 Å². The van der Waals surface area contributed by atoms with Crippen molar-refractivity contribution in [2.24, 2.45) is 0 Å². The van der Waals surface area contributed by atoms with E-state index >= 15 is 0 Å². The van der Waals surface area contributed by atoms with Crippen LogP contribution >= 0.6 is 0 Å². The highest BCUT2D eigenvalue weighted by atomic mass is 15.0. The van der Waals surface area contributed by atoms with Crippen LogP contribution in [0.25, 0.3) is 73.8 Å². The molecule has 1 aliphatic carbocycles. The van der Waals surface area contributed by atoms with Gasteiger partial charge in [-0.25, -0.2) is 15.0 Å². The maximum atomic E-state index is 5.07. The number of benzene rings is 5. The van der Waals surface area contributed by atoms with Crippen molar-refractivity contribution in [3.05, 3.63) is 162 Å². The zero-order chi connectivity index (χ0) is 31.6. The summed E-state index contributed by atoms with van der Waals surface area (Å²) in [6.45, 7) is 2.02. The van der Waals surface area contributed by atoms with Gasteiger partial charge in [-0.15, -0.1) is 0 Å². The Morgan fingerprint density at radius 2 is 1.04 bits per heavy atom. The highest BCUT2D eigenvalue weighted by Crippen LogP contribution is 2.37. The van der Waals surface area contributed by atoms with Crippen molar-refractivity contribution in [1.29, 1.82) is 0 Å². The topological polar surface area (TPSA) is 51.6 Å². The molecule has 7 aromatic rings. The van der Waals surface area contributed by atoms with E-state index in [0.717, 1.165) is 63.2 Å². The van der Waals surface area contributed by atoms with E-state index in [2.05, 4.69) is 84.9 Å². The molecule has 0 saturated carbocycles. The van der Waals surface area contributed by atoms with Crippen LogP contribution in [0.1, 0.15) is 23.2 Å². The van der Waals surface area contributed by atoms with E-state index in [1.54, 1.807) is 0 Å². The Hall–Kier alpha value is -6.00. The van der Waals surface area contributed by atoms with Crippen molar-refractivity contribution in [2.75, 3.05) is 0 Å². The second-order valence-electron chi connectivity index (χ2n) is 11.9. The smallest absolute Gasteiger partial charge is 0.164 e. The lowest BCUT2D eigenvalue weighted by atomic mass is 9.88. The van der Waals surface area contributed by atoms with E-state index in [1.807, 2.05) is 73.7 Å². The molecule has 0 fully saturated rings. The van der Waals surface area contributed by atoms with Crippen molar-refractivity contribution < 1.29 is 0 Å². The van der Waals surface area contributed by atoms with Crippen molar-refractivity contribution in [1.82, 2.24) is 19.9 Å². The Balaban J connectivity index is 1.32. The summed E-state index contributed by atoms with van der Waals surface area (Å²) in [6, 6.07) is 48.4. The predicted octanol–water partition coefficient (Wildman–Crippen LogP) is 10.5. The van der Waals surface area contributed by atoms with Crippen LogP contribution in [0, 0.1) is 6.92 Å². The van der Waals surface area contributed by atoms with Gasteiger partial charge in [0.1, 0.15) is 0 Å². The number of aromatic nitrogens is 4. The van der Waals surface area contributed by atoms with E-state index in [-0.39, 0.29) is 0 Å². The first-order valence-electron chi connectivity index (χ1n) is 16.0. The molecule has 0 amide bonds. The molecular weight excluding hydrogens is 573 g/mol. The summed E-state index contributed by atoms with van der Waals surface area (Å²) in [7, 11) is 0. The minimum atomic E-state index is 0.640. The summed E-state index contributed by atoms with van der Waals surface area (Å²) < 4.78 is 0. The van der Waals surface area contributed by atoms with Crippen LogP contribution in [0.4, 0.5) is 0 Å². The highest BCUT2D eigenvalue weighted by Gasteiger charge is 2.17. The van der Waals surface area contributed by atoms with Gasteiger partial charge in [0.15, 0.2) is 17.5 Å². The molecule has 2 aromatic heterocycles. The summed E-state index contributed by atoms with van der Waals surface area (Å²) in [6.07, 6.45) is 6.67. The molecule has 2 heterocycles. The van der Waals surface area contributed by atoms with Crippen LogP contribution in [-0.2, 0) is 6.42 Å². The maximum absolute atomic E-state index is 5.07. The zero-order valence-electron chi connectivity index (χ0n) is 26.1. The molecule has 4 heteroatoms. The lowest BCUT2D eigenvalue weighted by Crippen LogP contribution is -2.01. The molecule has 8 rings (SSSR count). The molecule has 0 spiro atoms.